The molecule has 0 aromatic carbocycles. The second-order valence-electron chi connectivity index (χ2n) is 2.62. The third kappa shape index (κ3) is 8.76. The minimum absolute atomic E-state index is 0.807. The van der Waals surface area contributed by atoms with Gasteiger partial charge in [-0.15, -0.1) is 0 Å². The molecule has 0 bridgehead atoms. The van der Waals surface area contributed by atoms with Crippen molar-refractivity contribution in [3.05, 3.63) is 36.1 Å². The lowest BCUT2D eigenvalue weighted by Gasteiger charge is -1.84. The Kier molecular flexibility index (Phi) is 8.15. The standard InChI is InChI=1S/C11H18N2/c1-4-11(2)7-5-6-8-13-10-9-12-3/h4-8,10,12H,9H2,1-3H3/b7-5-,8-6+,11-4-,13-10?. The van der Waals surface area contributed by atoms with E-state index in [2.05, 4.69) is 23.3 Å². The molecule has 0 rings (SSSR count). The Hall–Kier alpha value is -1.15. The number of nitrogens with zero attached hydrogens (tertiary/aromatic N) is 1. The van der Waals surface area contributed by atoms with Crippen LogP contribution >= 0.6 is 0 Å². The number of rotatable bonds is 5. The van der Waals surface area contributed by atoms with E-state index in [0.717, 1.165) is 6.54 Å². The molecule has 0 unspecified atom stereocenters. The molecule has 2 nitrogen and oxygen atoms in total. The van der Waals surface area contributed by atoms with Crippen LogP contribution in [-0.2, 0) is 0 Å². The number of allylic oxidation sites excluding steroid dienone is 5. The van der Waals surface area contributed by atoms with Crippen molar-refractivity contribution in [1.29, 1.82) is 0 Å². The predicted octanol–water partition coefficient (Wildman–Crippen LogP) is 2.31. The summed E-state index contributed by atoms with van der Waals surface area (Å²) in [6.07, 6.45) is 11.6. The van der Waals surface area contributed by atoms with E-state index in [1.807, 2.05) is 38.4 Å². The molecule has 0 saturated heterocycles. The van der Waals surface area contributed by atoms with Gasteiger partial charge >= 0.3 is 0 Å². The van der Waals surface area contributed by atoms with Crippen LogP contribution in [0.1, 0.15) is 13.8 Å². The number of hydrogen-bond donors (Lipinski definition) is 1. The molecule has 0 aromatic rings. The van der Waals surface area contributed by atoms with Gasteiger partial charge in [0.2, 0.25) is 0 Å². The SMILES string of the molecule is C\C=C(C)/C=C\C=C\N=CCNC. The molecule has 0 aliphatic rings. The number of aliphatic imine (C=N–C) groups is 1. The first-order chi connectivity index (χ1) is 6.31. The minimum atomic E-state index is 0.807. The molecule has 2 heteroatoms. The molecule has 0 amide bonds. The minimum Gasteiger partial charge on any atom is -0.315 e. The van der Waals surface area contributed by atoms with Gasteiger partial charge in [-0.05, 0) is 27.0 Å². The molecule has 72 valence electrons. The highest BCUT2D eigenvalue weighted by atomic mass is 14.8. The Labute approximate surface area is 80.8 Å². The van der Waals surface area contributed by atoms with Crippen LogP contribution in [0.2, 0.25) is 0 Å². The van der Waals surface area contributed by atoms with Crippen molar-refractivity contribution in [3.63, 3.8) is 0 Å². The molecule has 0 saturated carbocycles. The van der Waals surface area contributed by atoms with Crippen molar-refractivity contribution in [2.75, 3.05) is 13.6 Å². The van der Waals surface area contributed by atoms with Crippen LogP contribution in [-0.4, -0.2) is 19.8 Å². The smallest absolute Gasteiger partial charge is 0.0306 e. The quantitative estimate of drug-likeness (QED) is 0.507. The topological polar surface area (TPSA) is 24.4 Å². The average Bonchev–Trinajstić information content (AvgIpc) is 2.16. The molecule has 0 heterocycles. The first-order valence-corrected chi connectivity index (χ1v) is 4.43. The van der Waals surface area contributed by atoms with Crippen molar-refractivity contribution in [1.82, 2.24) is 5.32 Å². The Morgan fingerprint density at radius 2 is 2.15 bits per heavy atom. The maximum atomic E-state index is 4.05. The van der Waals surface area contributed by atoms with E-state index in [9.17, 15) is 0 Å². The van der Waals surface area contributed by atoms with Gasteiger partial charge in [-0.25, -0.2) is 0 Å². The third-order valence-electron chi connectivity index (χ3n) is 1.50. The summed E-state index contributed by atoms with van der Waals surface area (Å²) in [5.41, 5.74) is 1.25. The van der Waals surface area contributed by atoms with Gasteiger partial charge in [0.25, 0.3) is 0 Å². The van der Waals surface area contributed by atoms with Gasteiger partial charge < -0.3 is 5.32 Å². The van der Waals surface area contributed by atoms with Crippen LogP contribution in [0.3, 0.4) is 0 Å². The summed E-state index contributed by atoms with van der Waals surface area (Å²) in [7, 11) is 1.89. The average molecular weight is 178 g/mol. The van der Waals surface area contributed by atoms with Gasteiger partial charge in [-0.2, -0.15) is 0 Å². The molecule has 0 fully saturated rings. The highest BCUT2D eigenvalue weighted by Crippen LogP contribution is 1.93. The molecule has 13 heavy (non-hydrogen) atoms. The Morgan fingerprint density at radius 1 is 1.38 bits per heavy atom. The third-order valence-corrected chi connectivity index (χ3v) is 1.50. The zero-order valence-electron chi connectivity index (χ0n) is 8.62. The summed E-state index contributed by atoms with van der Waals surface area (Å²) < 4.78 is 0. The summed E-state index contributed by atoms with van der Waals surface area (Å²) in [4.78, 5) is 4.05. The summed E-state index contributed by atoms with van der Waals surface area (Å²) >= 11 is 0. The monoisotopic (exact) mass is 178 g/mol. The fraction of sp³-hybridized carbons (Fsp3) is 0.364. The molecule has 0 aliphatic heterocycles. The number of nitrogens with one attached hydrogen (secondary N) is 1. The lowest BCUT2D eigenvalue weighted by atomic mass is 10.3. The molecule has 0 atom stereocenters. The van der Waals surface area contributed by atoms with E-state index in [4.69, 9.17) is 0 Å². The van der Waals surface area contributed by atoms with Crippen LogP contribution in [0.4, 0.5) is 0 Å². The fourth-order valence-electron chi connectivity index (χ4n) is 0.608. The van der Waals surface area contributed by atoms with Gasteiger partial charge in [0.1, 0.15) is 0 Å². The normalized spacial score (nSPS) is 13.9. The van der Waals surface area contributed by atoms with E-state index in [1.54, 1.807) is 6.20 Å². The van der Waals surface area contributed by atoms with Crippen LogP contribution < -0.4 is 5.32 Å². The van der Waals surface area contributed by atoms with Crippen molar-refractivity contribution in [2.24, 2.45) is 4.99 Å². The predicted molar refractivity (Wildman–Crippen MR) is 60.1 cm³/mol. The Morgan fingerprint density at radius 3 is 2.77 bits per heavy atom. The highest BCUT2D eigenvalue weighted by molar-refractivity contribution is 5.60. The van der Waals surface area contributed by atoms with Crippen LogP contribution in [0.15, 0.2) is 41.1 Å². The summed E-state index contributed by atoms with van der Waals surface area (Å²) in [6.45, 7) is 4.89. The second kappa shape index (κ2) is 8.94. The van der Waals surface area contributed by atoms with Crippen molar-refractivity contribution in [3.8, 4) is 0 Å². The largest absolute Gasteiger partial charge is 0.315 e. The summed E-state index contributed by atoms with van der Waals surface area (Å²) in [5.74, 6) is 0. The van der Waals surface area contributed by atoms with Crippen molar-refractivity contribution in [2.45, 2.75) is 13.8 Å². The maximum absolute atomic E-state index is 4.05. The first kappa shape index (κ1) is 11.8. The first-order valence-electron chi connectivity index (χ1n) is 4.43. The summed E-state index contributed by atoms with van der Waals surface area (Å²) in [6, 6.07) is 0. The molecule has 0 spiro atoms. The van der Waals surface area contributed by atoms with Crippen LogP contribution in [0.5, 0.6) is 0 Å². The van der Waals surface area contributed by atoms with Gasteiger partial charge in [-0.3, -0.25) is 4.99 Å². The van der Waals surface area contributed by atoms with E-state index in [-0.39, 0.29) is 0 Å². The van der Waals surface area contributed by atoms with E-state index >= 15 is 0 Å². The van der Waals surface area contributed by atoms with Crippen molar-refractivity contribution < 1.29 is 0 Å². The molecular weight excluding hydrogens is 160 g/mol. The van der Waals surface area contributed by atoms with Gasteiger partial charge in [0, 0.05) is 19.0 Å². The molecule has 1 N–H and O–H groups in total. The molecule has 0 radical (unpaired) electrons. The molecule has 0 aromatic heterocycles. The highest BCUT2D eigenvalue weighted by Gasteiger charge is 1.73. The van der Waals surface area contributed by atoms with E-state index in [1.165, 1.54) is 5.57 Å². The van der Waals surface area contributed by atoms with Crippen LogP contribution in [0.25, 0.3) is 0 Å². The van der Waals surface area contributed by atoms with Gasteiger partial charge in [-0.1, -0.05) is 23.8 Å². The summed E-state index contributed by atoms with van der Waals surface area (Å²) in [5, 5.41) is 2.98. The van der Waals surface area contributed by atoms with Crippen molar-refractivity contribution >= 4 is 6.21 Å². The Balaban J connectivity index is 3.69. The lowest BCUT2D eigenvalue weighted by Crippen LogP contribution is -2.07. The Bertz CT molecular complexity index is 222. The fourth-order valence-corrected chi connectivity index (χ4v) is 0.608. The van der Waals surface area contributed by atoms with Crippen LogP contribution in [0, 0.1) is 0 Å². The number of hydrogen-bond acceptors (Lipinski definition) is 2. The van der Waals surface area contributed by atoms with E-state index < -0.39 is 0 Å². The zero-order valence-corrected chi connectivity index (χ0v) is 8.62. The zero-order chi connectivity index (χ0) is 9.94. The molecule has 0 aliphatic carbocycles. The second-order valence-corrected chi connectivity index (χ2v) is 2.62. The molecular formula is C11H18N2. The maximum Gasteiger partial charge on any atom is 0.0306 e. The van der Waals surface area contributed by atoms with Gasteiger partial charge in [0.15, 0.2) is 0 Å². The van der Waals surface area contributed by atoms with Gasteiger partial charge in [0.05, 0.1) is 0 Å². The van der Waals surface area contributed by atoms with E-state index in [0.29, 0.717) is 0 Å². The lowest BCUT2D eigenvalue weighted by molar-refractivity contribution is 0.957.